The maximum absolute atomic E-state index is 11.4. The second-order valence-electron chi connectivity index (χ2n) is 4.51. The van der Waals surface area contributed by atoms with Crippen LogP contribution in [0.15, 0.2) is 12.2 Å². The van der Waals surface area contributed by atoms with Crippen LogP contribution in [-0.2, 0) is 9.53 Å². The fraction of sp³-hybridized carbons (Fsp3) is 0.636. The molecule has 0 saturated heterocycles. The minimum atomic E-state index is -0.600. The number of alkyl carbamates (subject to hydrolysis) is 1. The van der Waals surface area contributed by atoms with Gasteiger partial charge in [-0.05, 0) is 40.2 Å². The average molecular weight is 213 g/mol. The van der Waals surface area contributed by atoms with Gasteiger partial charge in [-0.15, -0.1) is 0 Å². The molecule has 15 heavy (non-hydrogen) atoms. The van der Waals surface area contributed by atoms with Crippen LogP contribution >= 0.6 is 0 Å². The molecule has 0 rings (SSSR count). The van der Waals surface area contributed by atoms with Gasteiger partial charge in [-0.1, -0.05) is 6.58 Å². The third-order valence-electron chi connectivity index (χ3n) is 1.55. The zero-order valence-corrected chi connectivity index (χ0v) is 10.0. The Hall–Kier alpha value is -1.32. The summed E-state index contributed by atoms with van der Waals surface area (Å²) in [5.41, 5.74) is -0.144. The number of rotatable bonds is 3. The van der Waals surface area contributed by atoms with E-state index >= 15 is 0 Å². The summed E-state index contributed by atoms with van der Waals surface area (Å²) in [5.74, 6) is -0.194. The van der Waals surface area contributed by atoms with E-state index in [-0.39, 0.29) is 5.78 Å². The molecule has 1 atom stereocenters. The van der Waals surface area contributed by atoms with Crippen LogP contribution in [0, 0.1) is 0 Å². The molecular formula is C11H19NO3. The SMILES string of the molecule is C=C(C)C(=O)[C@@H](C)NC(=O)OC(C)(C)C. The lowest BCUT2D eigenvalue weighted by molar-refractivity contribution is -0.117. The molecule has 1 amide bonds. The predicted octanol–water partition coefficient (Wildman–Crippen LogP) is 2.04. The van der Waals surface area contributed by atoms with E-state index in [4.69, 9.17) is 4.74 Å². The lowest BCUT2D eigenvalue weighted by atomic mass is 10.1. The maximum Gasteiger partial charge on any atom is 0.408 e. The number of ether oxygens (including phenoxy) is 1. The van der Waals surface area contributed by atoms with E-state index in [9.17, 15) is 9.59 Å². The summed E-state index contributed by atoms with van der Waals surface area (Å²) in [6.07, 6.45) is -0.593. The lowest BCUT2D eigenvalue weighted by Crippen LogP contribution is -2.41. The predicted molar refractivity (Wildman–Crippen MR) is 58.7 cm³/mol. The summed E-state index contributed by atoms with van der Waals surface area (Å²) >= 11 is 0. The number of nitrogens with one attached hydrogen (secondary N) is 1. The van der Waals surface area contributed by atoms with E-state index in [0.717, 1.165) is 0 Å². The van der Waals surface area contributed by atoms with Crippen LogP contribution in [0.25, 0.3) is 0 Å². The molecular weight excluding hydrogens is 194 g/mol. The van der Waals surface area contributed by atoms with Crippen molar-refractivity contribution < 1.29 is 14.3 Å². The Labute approximate surface area is 90.7 Å². The molecule has 0 aliphatic rings. The van der Waals surface area contributed by atoms with Crippen molar-refractivity contribution in [2.75, 3.05) is 0 Å². The van der Waals surface area contributed by atoms with Gasteiger partial charge in [0.1, 0.15) is 5.60 Å². The Bertz CT molecular complexity index is 276. The Morgan fingerprint density at radius 2 is 1.80 bits per heavy atom. The zero-order valence-electron chi connectivity index (χ0n) is 10.0. The van der Waals surface area contributed by atoms with E-state index in [1.165, 1.54) is 0 Å². The topological polar surface area (TPSA) is 55.4 Å². The number of Topliss-reactive ketones (excluding diaryl/α,β-unsaturated/α-hetero) is 1. The Balaban J connectivity index is 4.20. The fourth-order valence-corrected chi connectivity index (χ4v) is 0.919. The summed E-state index contributed by atoms with van der Waals surface area (Å²) in [4.78, 5) is 22.7. The highest BCUT2D eigenvalue weighted by Gasteiger charge is 2.20. The molecule has 0 aromatic carbocycles. The summed E-state index contributed by atoms with van der Waals surface area (Å²) in [5, 5.41) is 2.45. The molecule has 0 unspecified atom stereocenters. The molecule has 86 valence electrons. The minimum Gasteiger partial charge on any atom is -0.444 e. The molecule has 0 bridgehead atoms. The van der Waals surface area contributed by atoms with E-state index in [0.29, 0.717) is 5.57 Å². The maximum atomic E-state index is 11.4. The lowest BCUT2D eigenvalue weighted by Gasteiger charge is -2.21. The second kappa shape index (κ2) is 4.96. The first-order valence-corrected chi connectivity index (χ1v) is 4.82. The Morgan fingerprint density at radius 3 is 2.13 bits per heavy atom. The molecule has 0 radical (unpaired) electrons. The van der Waals surface area contributed by atoms with Gasteiger partial charge in [0.2, 0.25) is 0 Å². The standard InChI is InChI=1S/C11H19NO3/c1-7(2)9(13)8(3)12-10(14)15-11(4,5)6/h8H,1H2,2-6H3,(H,12,14)/t8-/m1/s1. The second-order valence-corrected chi connectivity index (χ2v) is 4.51. The van der Waals surface area contributed by atoms with Crippen molar-refractivity contribution in [1.82, 2.24) is 5.32 Å². The number of hydrogen-bond donors (Lipinski definition) is 1. The van der Waals surface area contributed by atoms with Gasteiger partial charge in [0.15, 0.2) is 5.78 Å². The third kappa shape index (κ3) is 5.88. The van der Waals surface area contributed by atoms with E-state index < -0.39 is 17.7 Å². The van der Waals surface area contributed by atoms with Crippen LogP contribution < -0.4 is 5.32 Å². The molecule has 0 spiro atoms. The number of carbonyl (C=O) groups excluding carboxylic acids is 2. The molecule has 4 nitrogen and oxygen atoms in total. The van der Waals surface area contributed by atoms with Gasteiger partial charge in [-0.3, -0.25) is 4.79 Å². The van der Waals surface area contributed by atoms with Crippen molar-refractivity contribution in [1.29, 1.82) is 0 Å². The quantitative estimate of drug-likeness (QED) is 0.730. The van der Waals surface area contributed by atoms with Gasteiger partial charge in [-0.2, -0.15) is 0 Å². The molecule has 0 aliphatic carbocycles. The average Bonchev–Trinajstić information content (AvgIpc) is 1.98. The molecule has 0 saturated carbocycles. The first-order chi connectivity index (χ1) is 6.63. The van der Waals surface area contributed by atoms with Crippen LogP contribution in [0.1, 0.15) is 34.6 Å². The smallest absolute Gasteiger partial charge is 0.408 e. The van der Waals surface area contributed by atoms with Crippen molar-refractivity contribution in [2.24, 2.45) is 0 Å². The first kappa shape index (κ1) is 13.7. The highest BCUT2D eigenvalue weighted by atomic mass is 16.6. The number of carbonyl (C=O) groups is 2. The van der Waals surface area contributed by atoms with E-state index in [2.05, 4.69) is 11.9 Å². The summed E-state index contributed by atoms with van der Waals surface area (Å²) < 4.78 is 5.01. The van der Waals surface area contributed by atoms with Gasteiger partial charge in [0.05, 0.1) is 6.04 Å². The monoisotopic (exact) mass is 213 g/mol. The van der Waals surface area contributed by atoms with Crippen LogP contribution in [0.3, 0.4) is 0 Å². The van der Waals surface area contributed by atoms with Gasteiger partial charge in [-0.25, -0.2) is 4.79 Å². The molecule has 1 N–H and O–H groups in total. The van der Waals surface area contributed by atoms with Gasteiger partial charge in [0.25, 0.3) is 0 Å². The van der Waals surface area contributed by atoms with Crippen molar-refractivity contribution in [3.05, 3.63) is 12.2 Å². The van der Waals surface area contributed by atoms with Crippen molar-refractivity contribution in [3.63, 3.8) is 0 Å². The number of ketones is 1. The van der Waals surface area contributed by atoms with Crippen molar-refractivity contribution in [3.8, 4) is 0 Å². The summed E-state index contributed by atoms with van der Waals surface area (Å²) in [6.45, 7) is 12.0. The molecule has 4 heteroatoms. The fourth-order valence-electron chi connectivity index (χ4n) is 0.919. The first-order valence-electron chi connectivity index (χ1n) is 4.82. The molecule has 0 aromatic rings. The summed E-state index contributed by atoms with van der Waals surface area (Å²) in [6, 6.07) is -0.600. The van der Waals surface area contributed by atoms with Crippen LogP contribution in [0.2, 0.25) is 0 Å². The number of hydrogen-bond acceptors (Lipinski definition) is 3. The molecule has 0 heterocycles. The van der Waals surface area contributed by atoms with Gasteiger partial charge in [0, 0.05) is 0 Å². The Morgan fingerprint density at radius 1 is 1.33 bits per heavy atom. The third-order valence-corrected chi connectivity index (χ3v) is 1.55. The molecule has 0 aliphatic heterocycles. The highest BCUT2D eigenvalue weighted by Crippen LogP contribution is 2.07. The molecule has 0 fully saturated rings. The van der Waals surface area contributed by atoms with Gasteiger partial charge >= 0.3 is 6.09 Å². The van der Waals surface area contributed by atoms with Crippen LogP contribution in [0.4, 0.5) is 4.79 Å². The zero-order chi connectivity index (χ0) is 12.2. The van der Waals surface area contributed by atoms with Crippen molar-refractivity contribution >= 4 is 11.9 Å². The van der Waals surface area contributed by atoms with Gasteiger partial charge < -0.3 is 10.1 Å². The Kier molecular flexibility index (Phi) is 4.52. The highest BCUT2D eigenvalue weighted by molar-refractivity contribution is 5.99. The van der Waals surface area contributed by atoms with Crippen LogP contribution in [-0.4, -0.2) is 23.5 Å². The van der Waals surface area contributed by atoms with E-state index in [1.54, 1.807) is 34.6 Å². The largest absolute Gasteiger partial charge is 0.444 e. The van der Waals surface area contributed by atoms with Crippen LogP contribution in [0.5, 0.6) is 0 Å². The molecule has 0 aromatic heterocycles. The normalized spacial score (nSPS) is 12.9. The van der Waals surface area contributed by atoms with E-state index in [1.807, 2.05) is 0 Å². The number of amides is 1. The summed E-state index contributed by atoms with van der Waals surface area (Å²) in [7, 11) is 0. The minimum absolute atomic E-state index is 0.194. The van der Waals surface area contributed by atoms with Crippen molar-refractivity contribution in [2.45, 2.75) is 46.3 Å².